The van der Waals surface area contributed by atoms with Crippen LogP contribution in [0.1, 0.15) is 103 Å². The molecule has 24 heavy (non-hydrogen) atoms. The molecule has 0 rings (SSSR count). The Morgan fingerprint density at radius 3 is 1.21 bits per heavy atom. The molecule has 0 saturated heterocycles. The summed E-state index contributed by atoms with van der Waals surface area (Å²) < 4.78 is 0. The van der Waals surface area contributed by atoms with Crippen LogP contribution in [0.15, 0.2) is 25.3 Å². The van der Waals surface area contributed by atoms with Crippen LogP contribution in [-0.2, 0) is 0 Å². The molecule has 0 aliphatic carbocycles. The van der Waals surface area contributed by atoms with E-state index in [-0.39, 0.29) is 0 Å². The highest BCUT2D eigenvalue weighted by Gasteiger charge is 2.00. The first-order valence-electron chi connectivity index (χ1n) is 10.8. The smallest absolute Gasteiger partial charge is 0.0163 e. The molecule has 0 N–H and O–H groups in total. The van der Waals surface area contributed by atoms with Gasteiger partial charge in [0, 0.05) is 13.1 Å². The summed E-state index contributed by atoms with van der Waals surface area (Å²) in [6.45, 7) is 13.1. The van der Waals surface area contributed by atoms with Gasteiger partial charge in [0.05, 0.1) is 0 Å². The largest absolute Gasteiger partial charge is 0.296 e. The molecule has 142 valence electrons. The lowest BCUT2D eigenvalue weighted by molar-refractivity contribution is 0.324. The van der Waals surface area contributed by atoms with E-state index < -0.39 is 0 Å². The monoisotopic (exact) mass is 335 g/mol. The minimum absolute atomic E-state index is 0.991. The molecule has 0 aromatic carbocycles. The van der Waals surface area contributed by atoms with Gasteiger partial charge in [-0.1, -0.05) is 109 Å². The van der Waals surface area contributed by atoms with Crippen LogP contribution in [0.4, 0.5) is 0 Å². The van der Waals surface area contributed by atoms with Crippen molar-refractivity contribution in [2.45, 2.75) is 103 Å². The molecule has 0 unspecified atom stereocenters. The Labute approximate surface area is 153 Å². The average molecular weight is 336 g/mol. The van der Waals surface area contributed by atoms with Gasteiger partial charge >= 0.3 is 0 Å². The fourth-order valence-electron chi connectivity index (χ4n) is 3.33. The van der Waals surface area contributed by atoms with E-state index in [2.05, 4.69) is 25.0 Å². The van der Waals surface area contributed by atoms with Crippen molar-refractivity contribution in [3.05, 3.63) is 25.3 Å². The van der Waals surface area contributed by atoms with Gasteiger partial charge in [-0.15, -0.1) is 13.2 Å². The summed E-state index contributed by atoms with van der Waals surface area (Å²) in [5.74, 6) is 0. The maximum Gasteiger partial charge on any atom is 0.0163 e. The predicted octanol–water partition coefficient (Wildman–Crippen LogP) is 7.53. The first-order valence-corrected chi connectivity index (χ1v) is 10.8. The van der Waals surface area contributed by atoms with Crippen LogP contribution in [0, 0.1) is 0 Å². The highest BCUT2D eigenvalue weighted by atomic mass is 15.1. The van der Waals surface area contributed by atoms with Crippen molar-refractivity contribution in [2.24, 2.45) is 0 Å². The third kappa shape index (κ3) is 17.8. The molecule has 1 heteroatoms. The Morgan fingerprint density at radius 1 is 0.542 bits per heavy atom. The van der Waals surface area contributed by atoms with Crippen molar-refractivity contribution < 1.29 is 0 Å². The van der Waals surface area contributed by atoms with Crippen LogP contribution in [0.2, 0.25) is 0 Å². The molecule has 0 bridgehead atoms. The number of hydrogen-bond acceptors (Lipinski definition) is 1. The Balaban J connectivity index is 3.16. The quantitative estimate of drug-likeness (QED) is 0.164. The van der Waals surface area contributed by atoms with E-state index in [4.69, 9.17) is 0 Å². The normalized spacial score (nSPS) is 11.1. The molecule has 0 heterocycles. The molecule has 0 spiro atoms. The molecule has 0 radical (unpaired) electrons. The summed E-state index contributed by atoms with van der Waals surface area (Å²) in [6, 6.07) is 0. The van der Waals surface area contributed by atoms with Gasteiger partial charge in [0.25, 0.3) is 0 Å². The fraction of sp³-hybridized carbons (Fsp3) is 0.826. The van der Waals surface area contributed by atoms with Crippen LogP contribution in [0.5, 0.6) is 0 Å². The molecule has 0 fully saturated rings. The van der Waals surface area contributed by atoms with E-state index in [9.17, 15) is 0 Å². The zero-order valence-corrected chi connectivity index (χ0v) is 16.7. The summed E-state index contributed by atoms with van der Waals surface area (Å²) in [4.78, 5) is 2.42. The van der Waals surface area contributed by atoms with Crippen molar-refractivity contribution >= 4 is 0 Å². The van der Waals surface area contributed by atoms with Gasteiger partial charge in [0.2, 0.25) is 0 Å². The second-order valence-corrected chi connectivity index (χ2v) is 7.29. The van der Waals surface area contributed by atoms with E-state index in [1.54, 1.807) is 0 Å². The zero-order valence-electron chi connectivity index (χ0n) is 16.7. The SMILES string of the molecule is C=CCN(CC=C)CCCCCCCCCCCCCCCCC. The summed E-state index contributed by atoms with van der Waals surface area (Å²) in [5.41, 5.74) is 0. The molecule has 0 aliphatic rings. The van der Waals surface area contributed by atoms with E-state index >= 15 is 0 Å². The Morgan fingerprint density at radius 2 is 0.875 bits per heavy atom. The van der Waals surface area contributed by atoms with Gasteiger partial charge in [-0.2, -0.15) is 0 Å². The van der Waals surface area contributed by atoms with E-state index in [0.29, 0.717) is 0 Å². The third-order valence-electron chi connectivity index (χ3n) is 4.85. The first-order chi connectivity index (χ1) is 11.8. The zero-order chi connectivity index (χ0) is 17.7. The van der Waals surface area contributed by atoms with Crippen molar-refractivity contribution in [3.63, 3.8) is 0 Å². The van der Waals surface area contributed by atoms with Gasteiger partial charge in [-0.25, -0.2) is 0 Å². The van der Waals surface area contributed by atoms with Gasteiger partial charge in [0.15, 0.2) is 0 Å². The predicted molar refractivity (Wildman–Crippen MR) is 112 cm³/mol. The molecule has 0 aliphatic heterocycles. The van der Waals surface area contributed by atoms with Gasteiger partial charge in [0.1, 0.15) is 0 Å². The van der Waals surface area contributed by atoms with Crippen LogP contribution >= 0.6 is 0 Å². The number of nitrogens with zero attached hydrogens (tertiary/aromatic N) is 1. The van der Waals surface area contributed by atoms with E-state index in [1.165, 1.54) is 103 Å². The summed E-state index contributed by atoms with van der Waals surface area (Å²) in [7, 11) is 0. The highest BCUT2D eigenvalue weighted by Crippen LogP contribution is 2.13. The maximum absolute atomic E-state index is 3.83. The summed E-state index contributed by atoms with van der Waals surface area (Å²) in [6.07, 6.45) is 25.5. The molecular weight excluding hydrogens is 290 g/mol. The first kappa shape index (κ1) is 23.4. The van der Waals surface area contributed by atoms with Crippen LogP contribution in [0.3, 0.4) is 0 Å². The Bertz CT molecular complexity index is 249. The molecule has 0 aromatic rings. The molecule has 0 saturated carbocycles. The summed E-state index contributed by atoms with van der Waals surface area (Å²) in [5, 5.41) is 0. The molecule has 0 amide bonds. The number of unbranched alkanes of at least 4 members (excludes halogenated alkanes) is 14. The van der Waals surface area contributed by atoms with Crippen molar-refractivity contribution in [1.29, 1.82) is 0 Å². The van der Waals surface area contributed by atoms with Crippen LogP contribution in [0.25, 0.3) is 0 Å². The van der Waals surface area contributed by atoms with E-state index in [0.717, 1.165) is 13.1 Å². The lowest BCUT2D eigenvalue weighted by Gasteiger charge is -2.18. The lowest BCUT2D eigenvalue weighted by Crippen LogP contribution is -2.24. The molecule has 0 aromatic heterocycles. The minimum atomic E-state index is 0.991. The second-order valence-electron chi connectivity index (χ2n) is 7.29. The Kier molecular flexibility index (Phi) is 20.0. The number of hydrogen-bond donors (Lipinski definition) is 0. The molecule has 0 atom stereocenters. The van der Waals surface area contributed by atoms with Crippen molar-refractivity contribution in [1.82, 2.24) is 4.90 Å². The maximum atomic E-state index is 3.83. The average Bonchev–Trinajstić information content (AvgIpc) is 2.58. The third-order valence-corrected chi connectivity index (χ3v) is 4.85. The van der Waals surface area contributed by atoms with Crippen LogP contribution in [-0.4, -0.2) is 24.5 Å². The Hall–Kier alpha value is -0.560. The summed E-state index contributed by atoms with van der Waals surface area (Å²) >= 11 is 0. The minimum Gasteiger partial charge on any atom is -0.296 e. The standard InChI is InChI=1S/C23H45N/c1-4-7-8-9-10-11-12-13-14-15-16-17-18-19-20-23-24(21-5-2)22-6-3/h5-6H,2-4,7-23H2,1H3. The fourth-order valence-corrected chi connectivity index (χ4v) is 3.33. The van der Waals surface area contributed by atoms with Crippen molar-refractivity contribution in [2.75, 3.05) is 19.6 Å². The van der Waals surface area contributed by atoms with Gasteiger partial charge in [-0.3, -0.25) is 4.90 Å². The topological polar surface area (TPSA) is 3.24 Å². The van der Waals surface area contributed by atoms with E-state index in [1.807, 2.05) is 12.2 Å². The van der Waals surface area contributed by atoms with Crippen molar-refractivity contribution in [3.8, 4) is 0 Å². The lowest BCUT2D eigenvalue weighted by atomic mass is 10.0. The second kappa shape index (κ2) is 20.5. The number of rotatable bonds is 20. The molecular formula is C23H45N. The molecule has 1 nitrogen and oxygen atoms in total. The van der Waals surface area contributed by atoms with Gasteiger partial charge < -0.3 is 0 Å². The van der Waals surface area contributed by atoms with Crippen LogP contribution < -0.4 is 0 Å². The van der Waals surface area contributed by atoms with Gasteiger partial charge in [-0.05, 0) is 13.0 Å². The highest BCUT2D eigenvalue weighted by molar-refractivity contribution is 4.79.